The third-order valence-corrected chi connectivity index (χ3v) is 6.12. The molecule has 0 spiro atoms. The van der Waals surface area contributed by atoms with E-state index >= 15 is 0 Å². The number of nitrogens with zero attached hydrogens (tertiary/aromatic N) is 4. The normalized spacial score (nSPS) is 15.3. The predicted octanol–water partition coefficient (Wildman–Crippen LogP) is 3.60. The Labute approximate surface area is 168 Å². The van der Waals surface area contributed by atoms with Gasteiger partial charge in [0.15, 0.2) is 4.77 Å². The highest BCUT2D eigenvalue weighted by atomic mass is 32.1. The van der Waals surface area contributed by atoms with E-state index < -0.39 is 0 Å². The lowest BCUT2D eigenvalue weighted by Crippen LogP contribution is -2.37. The first kappa shape index (κ1) is 18.6. The first-order valence-corrected chi connectivity index (χ1v) is 10.6. The fourth-order valence-corrected chi connectivity index (χ4v) is 4.32. The zero-order valence-corrected chi connectivity index (χ0v) is 16.9. The summed E-state index contributed by atoms with van der Waals surface area (Å²) in [6.45, 7) is 5.01. The van der Waals surface area contributed by atoms with E-state index in [0.717, 1.165) is 63.0 Å². The van der Waals surface area contributed by atoms with Crippen molar-refractivity contribution < 1.29 is 4.74 Å². The molecule has 142 valence electrons. The van der Waals surface area contributed by atoms with Crippen LogP contribution in [0, 0.1) is 4.77 Å². The number of aryl methyl sites for hydroxylation is 1. The first-order valence-electron chi connectivity index (χ1n) is 9.32. The largest absolute Gasteiger partial charge is 0.379 e. The maximum Gasteiger partial charge on any atom is 0.199 e. The number of aromatic nitrogens is 3. The van der Waals surface area contributed by atoms with Crippen LogP contribution in [-0.2, 0) is 30.8 Å². The molecule has 1 fully saturated rings. The third kappa shape index (κ3) is 4.73. The van der Waals surface area contributed by atoms with Crippen molar-refractivity contribution in [2.75, 3.05) is 26.3 Å². The lowest BCUT2D eigenvalue weighted by Gasteiger charge is -2.26. The highest BCUT2D eigenvalue weighted by Crippen LogP contribution is 2.16. The van der Waals surface area contributed by atoms with Gasteiger partial charge >= 0.3 is 0 Å². The molecule has 0 bridgehead atoms. The summed E-state index contributed by atoms with van der Waals surface area (Å²) in [5.74, 6) is 1.05. The summed E-state index contributed by atoms with van der Waals surface area (Å²) >= 11 is 7.57. The van der Waals surface area contributed by atoms with E-state index in [4.69, 9.17) is 22.1 Å². The van der Waals surface area contributed by atoms with Gasteiger partial charge in [-0.15, -0.1) is 11.3 Å². The molecule has 27 heavy (non-hydrogen) atoms. The Morgan fingerprint density at radius 1 is 1.07 bits per heavy atom. The molecule has 0 aliphatic carbocycles. The number of morpholine rings is 1. The van der Waals surface area contributed by atoms with Gasteiger partial charge in [-0.05, 0) is 35.6 Å². The molecule has 0 unspecified atom stereocenters. The fraction of sp³-hybridized carbons (Fsp3) is 0.400. The van der Waals surface area contributed by atoms with Crippen LogP contribution in [-0.4, -0.2) is 45.6 Å². The molecular weight excluding hydrogens is 376 g/mol. The zero-order valence-electron chi connectivity index (χ0n) is 15.3. The Hall–Kier alpha value is -1.80. The van der Waals surface area contributed by atoms with Crippen molar-refractivity contribution in [1.82, 2.24) is 19.2 Å². The smallest absolute Gasteiger partial charge is 0.199 e. The number of thiophene rings is 1. The summed E-state index contributed by atoms with van der Waals surface area (Å²) in [4.78, 5) is 3.66. The van der Waals surface area contributed by atoms with Gasteiger partial charge in [-0.1, -0.05) is 36.4 Å². The number of benzene rings is 1. The van der Waals surface area contributed by atoms with Crippen molar-refractivity contribution in [2.45, 2.75) is 26.1 Å². The molecule has 5 nitrogen and oxygen atoms in total. The van der Waals surface area contributed by atoms with Crippen LogP contribution in [0.25, 0.3) is 0 Å². The molecule has 1 aliphatic rings. The molecule has 0 atom stereocenters. The second-order valence-electron chi connectivity index (χ2n) is 6.71. The van der Waals surface area contributed by atoms with E-state index in [2.05, 4.69) is 57.3 Å². The van der Waals surface area contributed by atoms with Gasteiger partial charge in [0.1, 0.15) is 5.82 Å². The standard InChI is InChI=1S/C20H24N4OS2/c26-20-23(9-8-17-5-2-1-3-6-17)19(15-18-7-4-14-27-18)21-24(20)16-22-10-12-25-13-11-22/h1-7,14H,8-13,15-16H2. The Morgan fingerprint density at radius 2 is 1.89 bits per heavy atom. The van der Waals surface area contributed by atoms with Crippen LogP contribution in [0.15, 0.2) is 47.8 Å². The van der Waals surface area contributed by atoms with Gasteiger partial charge in [0.05, 0.1) is 19.9 Å². The number of hydrogen-bond acceptors (Lipinski definition) is 5. The minimum absolute atomic E-state index is 0.734. The maximum absolute atomic E-state index is 5.80. The maximum atomic E-state index is 5.80. The number of hydrogen-bond donors (Lipinski definition) is 0. The van der Waals surface area contributed by atoms with Crippen LogP contribution in [0.5, 0.6) is 0 Å². The van der Waals surface area contributed by atoms with Crippen LogP contribution in [0.1, 0.15) is 16.3 Å². The average Bonchev–Trinajstić information content (AvgIpc) is 3.31. The highest BCUT2D eigenvalue weighted by molar-refractivity contribution is 7.71. The van der Waals surface area contributed by atoms with Crippen molar-refractivity contribution in [3.05, 3.63) is 68.9 Å². The van der Waals surface area contributed by atoms with Crippen molar-refractivity contribution in [1.29, 1.82) is 0 Å². The summed E-state index contributed by atoms with van der Waals surface area (Å²) < 4.78 is 10.5. The molecule has 0 radical (unpaired) electrons. The van der Waals surface area contributed by atoms with E-state index in [0.29, 0.717) is 0 Å². The summed E-state index contributed by atoms with van der Waals surface area (Å²) in [6, 6.07) is 14.8. The number of rotatable bonds is 7. The van der Waals surface area contributed by atoms with E-state index in [-0.39, 0.29) is 0 Å². The van der Waals surface area contributed by atoms with E-state index in [9.17, 15) is 0 Å². The summed E-state index contributed by atoms with van der Waals surface area (Å²) in [5.41, 5.74) is 1.32. The lowest BCUT2D eigenvalue weighted by molar-refractivity contribution is 0.0209. The molecular formula is C20H24N4OS2. The van der Waals surface area contributed by atoms with Crippen LogP contribution in [0.4, 0.5) is 0 Å². The topological polar surface area (TPSA) is 35.2 Å². The van der Waals surface area contributed by atoms with Crippen LogP contribution in [0.2, 0.25) is 0 Å². The molecule has 3 aromatic rings. The number of ether oxygens (including phenoxy) is 1. The molecule has 0 saturated carbocycles. The Morgan fingerprint density at radius 3 is 2.63 bits per heavy atom. The van der Waals surface area contributed by atoms with Gasteiger partial charge in [0.25, 0.3) is 0 Å². The monoisotopic (exact) mass is 400 g/mol. The van der Waals surface area contributed by atoms with Crippen molar-refractivity contribution in [3.8, 4) is 0 Å². The highest BCUT2D eigenvalue weighted by Gasteiger charge is 2.16. The Kier molecular flexibility index (Phi) is 6.14. The van der Waals surface area contributed by atoms with Gasteiger partial charge in [0.2, 0.25) is 0 Å². The quantitative estimate of drug-likeness (QED) is 0.568. The molecule has 0 N–H and O–H groups in total. The molecule has 4 rings (SSSR count). The first-order chi connectivity index (χ1) is 13.3. The molecule has 1 aliphatic heterocycles. The summed E-state index contributed by atoms with van der Waals surface area (Å²) in [7, 11) is 0. The third-order valence-electron chi connectivity index (χ3n) is 4.82. The van der Waals surface area contributed by atoms with Gasteiger partial charge in [-0.25, -0.2) is 4.68 Å². The molecule has 3 heterocycles. The van der Waals surface area contributed by atoms with Crippen molar-refractivity contribution in [3.63, 3.8) is 0 Å². The minimum atomic E-state index is 0.734. The van der Waals surface area contributed by atoms with E-state index in [1.54, 1.807) is 11.3 Å². The average molecular weight is 401 g/mol. The summed E-state index contributed by atoms with van der Waals surface area (Å²) in [6.07, 6.45) is 1.78. The van der Waals surface area contributed by atoms with Crippen LogP contribution >= 0.6 is 23.6 Å². The van der Waals surface area contributed by atoms with E-state index in [1.807, 2.05) is 4.68 Å². The SMILES string of the molecule is S=c1n(CN2CCOCC2)nc(Cc2cccs2)n1CCc1ccccc1. The Balaban J connectivity index is 1.56. The second-order valence-corrected chi connectivity index (χ2v) is 8.11. The summed E-state index contributed by atoms with van der Waals surface area (Å²) in [5, 5.41) is 7.00. The molecule has 2 aromatic heterocycles. The van der Waals surface area contributed by atoms with Gasteiger partial charge in [-0.3, -0.25) is 4.90 Å². The zero-order chi connectivity index (χ0) is 18.5. The minimum Gasteiger partial charge on any atom is -0.379 e. The molecule has 0 amide bonds. The fourth-order valence-electron chi connectivity index (χ4n) is 3.32. The second kappa shape index (κ2) is 8.93. The molecule has 1 aromatic carbocycles. The predicted molar refractivity (Wildman–Crippen MR) is 111 cm³/mol. The molecule has 1 saturated heterocycles. The van der Waals surface area contributed by atoms with Crippen molar-refractivity contribution in [2.24, 2.45) is 0 Å². The van der Waals surface area contributed by atoms with E-state index in [1.165, 1.54) is 10.4 Å². The van der Waals surface area contributed by atoms with Gasteiger partial charge in [-0.2, -0.15) is 5.10 Å². The van der Waals surface area contributed by atoms with Gasteiger partial charge < -0.3 is 9.30 Å². The van der Waals surface area contributed by atoms with Gasteiger partial charge in [0, 0.05) is 30.9 Å². The molecule has 7 heteroatoms. The van der Waals surface area contributed by atoms with Crippen molar-refractivity contribution >= 4 is 23.6 Å². The van der Waals surface area contributed by atoms with Crippen LogP contribution < -0.4 is 0 Å². The lowest BCUT2D eigenvalue weighted by atomic mass is 10.1. The Bertz CT molecular complexity index is 896. The van der Waals surface area contributed by atoms with Crippen LogP contribution in [0.3, 0.4) is 0 Å².